The Balaban J connectivity index is 1.89. The highest BCUT2D eigenvalue weighted by molar-refractivity contribution is 6.10. The first-order valence-electron chi connectivity index (χ1n) is 8.13. The Morgan fingerprint density at radius 3 is 2.21 bits per heavy atom. The van der Waals surface area contributed by atoms with E-state index in [1.54, 1.807) is 12.2 Å². The van der Waals surface area contributed by atoms with Gasteiger partial charge in [-0.3, -0.25) is 9.59 Å². The number of benzene rings is 1. The second-order valence-corrected chi connectivity index (χ2v) is 5.56. The van der Waals surface area contributed by atoms with Gasteiger partial charge in [-0.25, -0.2) is 4.57 Å². The summed E-state index contributed by atoms with van der Waals surface area (Å²) in [5.41, 5.74) is 1.89. The molecule has 0 saturated heterocycles. The fourth-order valence-corrected chi connectivity index (χ4v) is 2.27. The van der Waals surface area contributed by atoms with Crippen molar-refractivity contribution >= 4 is 23.7 Å². The molecule has 0 fully saturated rings. The molecule has 1 aromatic carbocycles. The van der Waals surface area contributed by atoms with E-state index in [0.717, 1.165) is 24.1 Å². The summed E-state index contributed by atoms with van der Waals surface area (Å²) in [5, 5.41) is 0. The Labute approximate surface area is 143 Å². The monoisotopic (exact) mass is 320 g/mol. The summed E-state index contributed by atoms with van der Waals surface area (Å²) in [6.07, 6.45) is 11.3. The molecule has 2 rings (SSSR count). The van der Waals surface area contributed by atoms with Crippen LogP contribution >= 0.6 is 0 Å². The van der Waals surface area contributed by atoms with E-state index >= 15 is 0 Å². The van der Waals surface area contributed by atoms with Gasteiger partial charge < -0.3 is 0 Å². The number of aromatic nitrogens is 1. The Bertz CT molecular complexity index is 745. The number of carbonyl (C=O) groups excluding carboxylic acids is 2. The van der Waals surface area contributed by atoms with E-state index in [4.69, 9.17) is 0 Å². The van der Waals surface area contributed by atoms with Gasteiger partial charge in [0.15, 0.2) is 24.0 Å². The Hall–Kier alpha value is -2.81. The van der Waals surface area contributed by atoms with Crippen LogP contribution < -0.4 is 4.57 Å². The first-order valence-corrected chi connectivity index (χ1v) is 8.13. The first-order chi connectivity index (χ1) is 11.7. The minimum Gasteiger partial charge on any atom is -0.294 e. The van der Waals surface area contributed by atoms with Crippen LogP contribution in [0.4, 0.5) is 0 Å². The van der Waals surface area contributed by atoms with Crippen LogP contribution in [0.3, 0.4) is 0 Å². The summed E-state index contributed by atoms with van der Waals surface area (Å²) in [4.78, 5) is 23.7. The minimum atomic E-state index is -0.192. The Morgan fingerprint density at radius 2 is 1.54 bits per heavy atom. The summed E-state index contributed by atoms with van der Waals surface area (Å²) in [7, 11) is 0. The van der Waals surface area contributed by atoms with Crippen LogP contribution in [-0.2, 0) is 16.1 Å². The predicted octanol–water partition coefficient (Wildman–Crippen LogP) is 3.64. The summed E-state index contributed by atoms with van der Waals surface area (Å²) < 4.78 is 2.08. The standard InChI is InChI=1S/C21H22NO2/c1-2-14-22-15-6-9-19(17-22)11-13-21(24)16-20(23)12-10-18-7-4-3-5-8-18/h3-13,15,17H,2,14,16H2,1H3/q+1. The van der Waals surface area contributed by atoms with E-state index in [-0.39, 0.29) is 18.0 Å². The Morgan fingerprint density at radius 1 is 0.917 bits per heavy atom. The number of rotatable bonds is 8. The van der Waals surface area contributed by atoms with Crippen molar-refractivity contribution in [3.05, 3.63) is 78.1 Å². The third kappa shape index (κ3) is 6.13. The third-order valence-corrected chi connectivity index (χ3v) is 3.43. The van der Waals surface area contributed by atoms with Crippen LogP contribution in [0.15, 0.2) is 67.0 Å². The molecule has 0 saturated carbocycles. The van der Waals surface area contributed by atoms with Gasteiger partial charge in [-0.05, 0) is 29.9 Å². The molecule has 0 unspecified atom stereocenters. The van der Waals surface area contributed by atoms with Gasteiger partial charge in [-0.2, -0.15) is 0 Å². The molecule has 0 amide bonds. The maximum atomic E-state index is 11.9. The quantitative estimate of drug-likeness (QED) is 0.423. The molecule has 0 aliphatic carbocycles. The highest BCUT2D eigenvalue weighted by Crippen LogP contribution is 2.03. The average Bonchev–Trinajstić information content (AvgIpc) is 2.60. The van der Waals surface area contributed by atoms with Crippen LogP contribution in [0.2, 0.25) is 0 Å². The van der Waals surface area contributed by atoms with Gasteiger partial charge in [0.2, 0.25) is 0 Å². The number of pyridine rings is 1. The SMILES string of the molecule is CCC[n+]1cccc(C=CC(=O)CC(=O)C=Cc2ccccc2)c1. The van der Waals surface area contributed by atoms with Gasteiger partial charge in [-0.1, -0.05) is 43.3 Å². The molecule has 0 spiro atoms. The number of ketones is 2. The van der Waals surface area contributed by atoms with Crippen molar-refractivity contribution in [1.82, 2.24) is 0 Å². The van der Waals surface area contributed by atoms with Crippen LogP contribution in [0.25, 0.3) is 12.2 Å². The molecule has 0 aliphatic rings. The van der Waals surface area contributed by atoms with Gasteiger partial charge in [-0.15, -0.1) is 0 Å². The van der Waals surface area contributed by atoms with Crippen molar-refractivity contribution in [3.8, 4) is 0 Å². The number of hydrogen-bond acceptors (Lipinski definition) is 2. The maximum absolute atomic E-state index is 11.9. The van der Waals surface area contributed by atoms with Gasteiger partial charge in [0.25, 0.3) is 0 Å². The maximum Gasteiger partial charge on any atom is 0.176 e. The van der Waals surface area contributed by atoms with E-state index in [1.165, 1.54) is 12.2 Å². The lowest BCUT2D eigenvalue weighted by atomic mass is 10.1. The van der Waals surface area contributed by atoms with Gasteiger partial charge in [0.1, 0.15) is 6.54 Å². The van der Waals surface area contributed by atoms with Gasteiger partial charge in [0.05, 0.1) is 6.42 Å². The molecule has 0 bridgehead atoms. The van der Waals surface area contributed by atoms with E-state index < -0.39 is 0 Å². The topological polar surface area (TPSA) is 38.0 Å². The molecule has 122 valence electrons. The number of carbonyl (C=O) groups is 2. The smallest absolute Gasteiger partial charge is 0.176 e. The Kier molecular flexibility index (Phi) is 6.84. The molecule has 1 heterocycles. The van der Waals surface area contributed by atoms with E-state index in [2.05, 4.69) is 11.5 Å². The molecule has 0 aliphatic heterocycles. The van der Waals surface area contributed by atoms with Crippen molar-refractivity contribution in [3.63, 3.8) is 0 Å². The fourth-order valence-electron chi connectivity index (χ4n) is 2.27. The molecular formula is C21H22NO2+. The number of hydrogen-bond donors (Lipinski definition) is 0. The lowest BCUT2D eigenvalue weighted by Crippen LogP contribution is -2.32. The van der Waals surface area contributed by atoms with E-state index in [1.807, 2.05) is 54.9 Å². The van der Waals surface area contributed by atoms with E-state index in [0.29, 0.717) is 0 Å². The number of allylic oxidation sites excluding steroid dienone is 2. The highest BCUT2D eigenvalue weighted by Gasteiger charge is 2.04. The lowest BCUT2D eigenvalue weighted by molar-refractivity contribution is -0.697. The van der Waals surface area contributed by atoms with Crippen molar-refractivity contribution in [2.24, 2.45) is 0 Å². The van der Waals surface area contributed by atoms with Crippen LogP contribution in [-0.4, -0.2) is 11.6 Å². The zero-order chi connectivity index (χ0) is 17.2. The van der Waals surface area contributed by atoms with Crippen molar-refractivity contribution in [2.75, 3.05) is 0 Å². The average molecular weight is 320 g/mol. The van der Waals surface area contributed by atoms with E-state index in [9.17, 15) is 9.59 Å². The molecule has 24 heavy (non-hydrogen) atoms. The zero-order valence-corrected chi connectivity index (χ0v) is 13.9. The van der Waals surface area contributed by atoms with Crippen molar-refractivity contribution in [2.45, 2.75) is 26.3 Å². The molecule has 0 N–H and O–H groups in total. The molecular weight excluding hydrogens is 298 g/mol. The van der Waals surface area contributed by atoms with Crippen LogP contribution in [0.1, 0.15) is 30.9 Å². The van der Waals surface area contributed by atoms with Gasteiger partial charge in [0, 0.05) is 18.1 Å². The molecule has 2 aromatic rings. The highest BCUT2D eigenvalue weighted by atomic mass is 16.1. The number of aryl methyl sites for hydroxylation is 1. The third-order valence-electron chi connectivity index (χ3n) is 3.43. The zero-order valence-electron chi connectivity index (χ0n) is 13.9. The fraction of sp³-hybridized carbons (Fsp3) is 0.190. The predicted molar refractivity (Wildman–Crippen MR) is 96.1 cm³/mol. The van der Waals surface area contributed by atoms with Crippen molar-refractivity contribution < 1.29 is 14.2 Å². The second-order valence-electron chi connectivity index (χ2n) is 5.56. The second kappa shape index (κ2) is 9.36. The largest absolute Gasteiger partial charge is 0.294 e. The minimum absolute atomic E-state index is 0.109. The lowest BCUT2D eigenvalue weighted by Gasteiger charge is -1.95. The van der Waals surface area contributed by atoms with Gasteiger partial charge >= 0.3 is 0 Å². The molecule has 0 radical (unpaired) electrons. The van der Waals surface area contributed by atoms with Crippen molar-refractivity contribution in [1.29, 1.82) is 0 Å². The van der Waals surface area contributed by atoms with Crippen LogP contribution in [0, 0.1) is 0 Å². The number of nitrogens with zero attached hydrogens (tertiary/aromatic N) is 1. The first kappa shape index (κ1) is 17.5. The molecule has 0 atom stereocenters. The molecule has 3 heteroatoms. The van der Waals surface area contributed by atoms with Crippen LogP contribution in [0.5, 0.6) is 0 Å². The molecule has 3 nitrogen and oxygen atoms in total. The summed E-state index contributed by atoms with van der Waals surface area (Å²) in [6.45, 7) is 3.06. The molecule has 1 aromatic heterocycles. The normalized spacial score (nSPS) is 11.2. The summed E-state index contributed by atoms with van der Waals surface area (Å²) in [6, 6.07) is 13.4. The summed E-state index contributed by atoms with van der Waals surface area (Å²) >= 11 is 0. The summed E-state index contributed by atoms with van der Waals surface area (Å²) in [5.74, 6) is -0.383.